The van der Waals surface area contributed by atoms with Gasteiger partial charge < -0.3 is 10.5 Å². The molecule has 3 saturated carbocycles. The minimum atomic E-state index is -0.159. The van der Waals surface area contributed by atoms with E-state index in [2.05, 4.69) is 12.1 Å². The van der Waals surface area contributed by atoms with Crippen LogP contribution in [-0.2, 0) is 5.54 Å². The second-order valence-electron chi connectivity index (χ2n) is 6.95. The molecule has 2 bridgehead atoms. The highest BCUT2D eigenvalue weighted by molar-refractivity contribution is 6.32. The first-order chi connectivity index (χ1) is 9.63. The van der Waals surface area contributed by atoms with E-state index < -0.39 is 0 Å². The minimum Gasteiger partial charge on any atom is -0.495 e. The molecule has 2 nitrogen and oxygen atoms in total. The number of hydrogen-bond acceptors (Lipinski definition) is 2. The quantitative estimate of drug-likeness (QED) is 0.895. The smallest absolute Gasteiger partial charge is 0.137 e. The molecule has 2 N–H and O–H groups in total. The molecule has 0 amide bonds. The molecule has 20 heavy (non-hydrogen) atoms. The second-order valence-corrected chi connectivity index (χ2v) is 7.36. The zero-order chi connectivity index (χ0) is 13.9. The number of nitrogens with two attached hydrogens (primary N) is 1. The van der Waals surface area contributed by atoms with Crippen LogP contribution >= 0.6 is 11.6 Å². The average Bonchev–Trinajstić information content (AvgIpc) is 3.10. The molecule has 5 unspecified atom stereocenters. The summed E-state index contributed by atoms with van der Waals surface area (Å²) in [4.78, 5) is 0. The van der Waals surface area contributed by atoms with Crippen molar-refractivity contribution in [3.8, 4) is 5.75 Å². The Morgan fingerprint density at radius 3 is 2.90 bits per heavy atom. The molecule has 4 rings (SSSR count). The summed E-state index contributed by atoms with van der Waals surface area (Å²) >= 11 is 6.15. The molecule has 3 aliphatic rings. The van der Waals surface area contributed by atoms with Gasteiger partial charge in [0.25, 0.3) is 0 Å². The summed E-state index contributed by atoms with van der Waals surface area (Å²) in [5.41, 5.74) is 7.96. The van der Waals surface area contributed by atoms with Crippen molar-refractivity contribution in [1.29, 1.82) is 0 Å². The van der Waals surface area contributed by atoms with E-state index in [0.717, 1.165) is 29.9 Å². The monoisotopic (exact) mass is 291 g/mol. The highest BCUT2D eigenvalue weighted by Gasteiger charge is 2.59. The van der Waals surface area contributed by atoms with Crippen LogP contribution in [0.25, 0.3) is 0 Å². The van der Waals surface area contributed by atoms with E-state index in [1.54, 1.807) is 7.11 Å². The molecule has 0 radical (unpaired) electrons. The Balaban J connectivity index is 1.72. The Morgan fingerprint density at radius 1 is 1.30 bits per heavy atom. The lowest BCUT2D eigenvalue weighted by Gasteiger charge is -2.40. The van der Waals surface area contributed by atoms with Gasteiger partial charge in [0.2, 0.25) is 0 Å². The highest BCUT2D eigenvalue weighted by atomic mass is 35.5. The minimum absolute atomic E-state index is 0.159. The van der Waals surface area contributed by atoms with E-state index in [0.29, 0.717) is 10.9 Å². The number of hydrogen-bond donors (Lipinski definition) is 1. The topological polar surface area (TPSA) is 35.2 Å². The van der Waals surface area contributed by atoms with Crippen LogP contribution in [0, 0.1) is 23.7 Å². The molecular weight excluding hydrogens is 270 g/mol. The normalized spacial score (nSPS) is 42.0. The van der Waals surface area contributed by atoms with E-state index in [1.807, 2.05) is 6.07 Å². The van der Waals surface area contributed by atoms with Gasteiger partial charge in [-0.05, 0) is 67.1 Å². The Morgan fingerprint density at radius 2 is 2.10 bits per heavy atom. The summed E-state index contributed by atoms with van der Waals surface area (Å²) in [6.07, 6.45) is 6.70. The van der Waals surface area contributed by atoms with Crippen LogP contribution in [0.1, 0.15) is 37.7 Å². The van der Waals surface area contributed by atoms with Gasteiger partial charge in [0.05, 0.1) is 12.1 Å². The van der Waals surface area contributed by atoms with Crippen LogP contribution in [0.15, 0.2) is 18.2 Å². The molecule has 1 aromatic carbocycles. The molecule has 108 valence electrons. The predicted molar refractivity (Wildman–Crippen MR) is 80.9 cm³/mol. The Hall–Kier alpha value is -0.730. The molecule has 0 aromatic heterocycles. The Kier molecular flexibility index (Phi) is 2.84. The molecule has 0 aliphatic heterocycles. The maximum Gasteiger partial charge on any atom is 0.137 e. The molecule has 5 atom stereocenters. The molecule has 3 fully saturated rings. The third-order valence-corrected chi connectivity index (χ3v) is 6.57. The number of rotatable bonds is 2. The maximum absolute atomic E-state index is 6.90. The van der Waals surface area contributed by atoms with Gasteiger partial charge in [0.15, 0.2) is 0 Å². The lowest BCUT2D eigenvalue weighted by molar-refractivity contribution is 0.156. The maximum atomic E-state index is 6.90. The summed E-state index contributed by atoms with van der Waals surface area (Å²) in [5.74, 6) is 4.08. The summed E-state index contributed by atoms with van der Waals surface area (Å²) in [6.45, 7) is 0. The van der Waals surface area contributed by atoms with Crippen molar-refractivity contribution < 1.29 is 4.74 Å². The van der Waals surface area contributed by atoms with Crippen molar-refractivity contribution in [3.05, 3.63) is 28.8 Å². The SMILES string of the molecule is COc1cc(C2(N)CC3CC2C2CCCC32)ccc1Cl. The van der Waals surface area contributed by atoms with Crippen molar-refractivity contribution >= 4 is 11.6 Å². The number of ether oxygens (including phenoxy) is 1. The first kappa shape index (κ1) is 13.0. The van der Waals surface area contributed by atoms with Gasteiger partial charge in [-0.25, -0.2) is 0 Å². The zero-order valence-corrected chi connectivity index (χ0v) is 12.7. The second kappa shape index (κ2) is 4.38. The number of benzene rings is 1. The molecule has 3 heteroatoms. The fraction of sp³-hybridized carbons (Fsp3) is 0.647. The van der Waals surface area contributed by atoms with Crippen molar-refractivity contribution in [2.75, 3.05) is 7.11 Å². The Labute approximate surface area is 125 Å². The summed E-state index contributed by atoms with van der Waals surface area (Å²) < 4.78 is 5.37. The van der Waals surface area contributed by atoms with E-state index in [4.69, 9.17) is 22.1 Å². The third-order valence-electron chi connectivity index (χ3n) is 6.25. The first-order valence-corrected chi connectivity index (χ1v) is 8.14. The lowest BCUT2D eigenvalue weighted by Crippen LogP contribution is -2.46. The highest BCUT2D eigenvalue weighted by Crippen LogP contribution is 2.64. The van der Waals surface area contributed by atoms with Crippen molar-refractivity contribution in [1.82, 2.24) is 0 Å². The van der Waals surface area contributed by atoms with Gasteiger partial charge >= 0.3 is 0 Å². The zero-order valence-electron chi connectivity index (χ0n) is 11.9. The van der Waals surface area contributed by atoms with Crippen LogP contribution < -0.4 is 10.5 Å². The van der Waals surface area contributed by atoms with Crippen LogP contribution in [0.3, 0.4) is 0 Å². The molecular formula is C17H22ClNO. The number of halogens is 1. The van der Waals surface area contributed by atoms with E-state index in [9.17, 15) is 0 Å². The van der Waals surface area contributed by atoms with Gasteiger partial charge in [0, 0.05) is 5.54 Å². The summed E-state index contributed by atoms with van der Waals surface area (Å²) in [7, 11) is 1.67. The van der Waals surface area contributed by atoms with E-state index in [1.165, 1.54) is 31.2 Å². The number of methoxy groups -OCH3 is 1. The third kappa shape index (κ3) is 1.61. The molecule has 0 heterocycles. The molecule has 3 aliphatic carbocycles. The summed E-state index contributed by atoms with van der Waals surface area (Å²) in [5, 5.41) is 0.668. The van der Waals surface area contributed by atoms with Crippen molar-refractivity contribution in [3.63, 3.8) is 0 Å². The van der Waals surface area contributed by atoms with Gasteiger partial charge in [-0.15, -0.1) is 0 Å². The first-order valence-electron chi connectivity index (χ1n) is 7.76. The fourth-order valence-electron chi connectivity index (χ4n) is 5.47. The van der Waals surface area contributed by atoms with Crippen LogP contribution in [0.4, 0.5) is 0 Å². The van der Waals surface area contributed by atoms with Gasteiger partial charge in [-0.1, -0.05) is 24.1 Å². The average molecular weight is 292 g/mol. The summed E-state index contributed by atoms with van der Waals surface area (Å²) in [6, 6.07) is 6.10. The van der Waals surface area contributed by atoms with Gasteiger partial charge in [-0.3, -0.25) is 0 Å². The molecule has 1 aromatic rings. The van der Waals surface area contributed by atoms with Crippen LogP contribution in [0.5, 0.6) is 5.75 Å². The van der Waals surface area contributed by atoms with Crippen LogP contribution in [0.2, 0.25) is 5.02 Å². The van der Waals surface area contributed by atoms with Crippen molar-refractivity contribution in [2.24, 2.45) is 29.4 Å². The molecule has 0 saturated heterocycles. The number of fused-ring (bicyclic) bond motifs is 5. The van der Waals surface area contributed by atoms with Crippen molar-refractivity contribution in [2.45, 2.75) is 37.6 Å². The lowest BCUT2D eigenvalue weighted by atomic mass is 9.68. The standard InChI is InChI=1S/C17H22ClNO/c1-20-16-8-11(5-6-15(16)18)17(19)9-10-7-14(17)13-4-2-3-12(10)13/h5-6,8,10,12-14H,2-4,7,9,19H2,1H3. The van der Waals surface area contributed by atoms with E-state index >= 15 is 0 Å². The van der Waals surface area contributed by atoms with Gasteiger partial charge in [0.1, 0.15) is 5.75 Å². The fourth-order valence-corrected chi connectivity index (χ4v) is 5.67. The largest absolute Gasteiger partial charge is 0.495 e. The predicted octanol–water partition coefficient (Wildman–Crippen LogP) is 3.96. The van der Waals surface area contributed by atoms with E-state index in [-0.39, 0.29) is 5.54 Å². The van der Waals surface area contributed by atoms with Gasteiger partial charge in [-0.2, -0.15) is 0 Å². The Bertz CT molecular complexity index is 546. The van der Waals surface area contributed by atoms with Crippen LogP contribution in [-0.4, -0.2) is 7.11 Å². The molecule has 0 spiro atoms.